The molecule has 1 heterocycles. The minimum atomic E-state index is -3.43. The fraction of sp³-hybridized carbons (Fsp3) is 0.750. The van der Waals surface area contributed by atoms with Crippen molar-refractivity contribution in [1.29, 1.82) is 0 Å². The van der Waals surface area contributed by atoms with Crippen LogP contribution in [0.3, 0.4) is 0 Å². The van der Waals surface area contributed by atoms with Gasteiger partial charge < -0.3 is 5.73 Å². The molecule has 1 fully saturated rings. The molecule has 19 heavy (non-hydrogen) atoms. The minimum Gasteiger partial charge on any atom is -0.330 e. The van der Waals surface area contributed by atoms with E-state index in [2.05, 4.69) is 9.82 Å². The summed E-state index contributed by atoms with van der Waals surface area (Å²) in [6, 6.07) is 0.0751. The molecule has 0 aliphatic heterocycles. The molecule has 0 saturated heterocycles. The van der Waals surface area contributed by atoms with Crippen molar-refractivity contribution in [3.8, 4) is 0 Å². The molecule has 6 nitrogen and oxygen atoms in total. The molecule has 0 amide bonds. The molecule has 0 spiro atoms. The van der Waals surface area contributed by atoms with Crippen molar-refractivity contribution >= 4 is 10.0 Å². The summed E-state index contributed by atoms with van der Waals surface area (Å²) in [5.74, 6) is 0. The van der Waals surface area contributed by atoms with Crippen LogP contribution in [0.5, 0.6) is 0 Å². The maximum Gasteiger partial charge on any atom is 0.243 e. The van der Waals surface area contributed by atoms with E-state index in [-0.39, 0.29) is 10.9 Å². The minimum absolute atomic E-state index is 0.0751. The van der Waals surface area contributed by atoms with Crippen LogP contribution in [0.4, 0.5) is 0 Å². The van der Waals surface area contributed by atoms with E-state index in [1.165, 1.54) is 12.6 Å². The normalized spacial score (nSPS) is 17.7. The van der Waals surface area contributed by atoms with Gasteiger partial charge in [0, 0.05) is 18.8 Å². The molecule has 0 aromatic carbocycles. The van der Waals surface area contributed by atoms with E-state index in [9.17, 15) is 8.42 Å². The summed E-state index contributed by atoms with van der Waals surface area (Å²) in [4.78, 5) is 0.245. The zero-order valence-electron chi connectivity index (χ0n) is 11.1. The second-order valence-corrected chi connectivity index (χ2v) is 6.75. The van der Waals surface area contributed by atoms with E-state index in [1.54, 1.807) is 10.9 Å². The number of nitrogens with zero attached hydrogens (tertiary/aromatic N) is 2. The highest BCUT2D eigenvalue weighted by molar-refractivity contribution is 7.89. The molecule has 1 saturated carbocycles. The number of rotatable bonds is 6. The number of nitrogens with one attached hydrogen (secondary N) is 1. The molecular formula is C12H22N4O2S. The summed E-state index contributed by atoms with van der Waals surface area (Å²) in [5.41, 5.74) is 5.42. The van der Waals surface area contributed by atoms with Crippen LogP contribution in [0.1, 0.15) is 38.5 Å². The predicted octanol–water partition coefficient (Wildman–Crippen LogP) is 0.843. The van der Waals surface area contributed by atoms with Gasteiger partial charge in [-0.1, -0.05) is 19.3 Å². The maximum absolute atomic E-state index is 12.2. The van der Waals surface area contributed by atoms with E-state index in [0.29, 0.717) is 13.1 Å². The van der Waals surface area contributed by atoms with Gasteiger partial charge in [-0.2, -0.15) is 5.10 Å². The Morgan fingerprint density at radius 3 is 2.79 bits per heavy atom. The number of hydrogen-bond acceptors (Lipinski definition) is 4. The van der Waals surface area contributed by atoms with Gasteiger partial charge in [0.25, 0.3) is 0 Å². The fourth-order valence-electron chi connectivity index (χ4n) is 2.37. The third-order valence-electron chi connectivity index (χ3n) is 3.44. The zero-order valence-corrected chi connectivity index (χ0v) is 11.9. The van der Waals surface area contributed by atoms with Crippen LogP contribution in [0.25, 0.3) is 0 Å². The highest BCUT2D eigenvalue weighted by atomic mass is 32.2. The summed E-state index contributed by atoms with van der Waals surface area (Å²) in [6.45, 7) is 1.22. The SMILES string of the molecule is NCCCn1cc(S(=O)(=O)NC2CCCCC2)cn1. The number of sulfonamides is 1. The van der Waals surface area contributed by atoms with Crippen molar-refractivity contribution in [3.05, 3.63) is 12.4 Å². The molecule has 1 aromatic heterocycles. The lowest BCUT2D eigenvalue weighted by Crippen LogP contribution is -2.36. The molecule has 2 rings (SSSR count). The molecule has 3 N–H and O–H groups in total. The second kappa shape index (κ2) is 6.49. The molecular weight excluding hydrogens is 264 g/mol. The van der Waals surface area contributed by atoms with Crippen LogP contribution in [-0.2, 0) is 16.6 Å². The summed E-state index contributed by atoms with van der Waals surface area (Å²) in [5, 5.41) is 4.06. The molecule has 1 aliphatic carbocycles. The van der Waals surface area contributed by atoms with Crippen molar-refractivity contribution < 1.29 is 8.42 Å². The topological polar surface area (TPSA) is 90.0 Å². The van der Waals surface area contributed by atoms with Gasteiger partial charge in [0.2, 0.25) is 10.0 Å². The summed E-state index contributed by atoms with van der Waals surface area (Å²) in [6.07, 6.45) is 9.03. The standard InChI is InChI=1S/C12H22N4O2S/c13-7-4-8-16-10-12(9-14-16)19(17,18)15-11-5-2-1-3-6-11/h9-11,15H,1-8,13H2. The molecule has 1 aliphatic rings. The third-order valence-corrected chi connectivity index (χ3v) is 4.91. The van der Waals surface area contributed by atoms with Crippen molar-refractivity contribution in [2.45, 2.75) is 56.0 Å². The molecule has 0 bridgehead atoms. The van der Waals surface area contributed by atoms with Crippen LogP contribution in [0.2, 0.25) is 0 Å². The Bertz CT molecular complexity index is 492. The Labute approximate surface area is 114 Å². The van der Waals surface area contributed by atoms with Crippen LogP contribution < -0.4 is 10.5 Å². The number of aryl methyl sites for hydroxylation is 1. The average Bonchev–Trinajstić information content (AvgIpc) is 2.86. The van der Waals surface area contributed by atoms with Gasteiger partial charge in [0.1, 0.15) is 4.90 Å². The highest BCUT2D eigenvalue weighted by Crippen LogP contribution is 2.19. The summed E-state index contributed by atoms with van der Waals surface area (Å²) >= 11 is 0. The van der Waals surface area contributed by atoms with Gasteiger partial charge in [0.15, 0.2) is 0 Å². The van der Waals surface area contributed by atoms with E-state index in [4.69, 9.17) is 5.73 Å². The smallest absolute Gasteiger partial charge is 0.243 e. The first-order valence-corrected chi connectivity index (χ1v) is 8.35. The summed E-state index contributed by atoms with van der Waals surface area (Å²) in [7, 11) is -3.43. The first-order valence-electron chi connectivity index (χ1n) is 6.86. The highest BCUT2D eigenvalue weighted by Gasteiger charge is 2.22. The lowest BCUT2D eigenvalue weighted by atomic mass is 9.96. The maximum atomic E-state index is 12.2. The van der Waals surface area contributed by atoms with Crippen molar-refractivity contribution in [2.24, 2.45) is 5.73 Å². The molecule has 7 heteroatoms. The molecule has 108 valence electrons. The van der Waals surface area contributed by atoms with Gasteiger partial charge in [-0.25, -0.2) is 13.1 Å². The zero-order chi connectivity index (χ0) is 13.7. The Hall–Kier alpha value is -0.920. The first-order chi connectivity index (χ1) is 9.12. The Morgan fingerprint density at radius 2 is 2.11 bits per heavy atom. The molecule has 1 aromatic rings. The largest absolute Gasteiger partial charge is 0.330 e. The van der Waals surface area contributed by atoms with Gasteiger partial charge >= 0.3 is 0 Å². The van der Waals surface area contributed by atoms with Crippen LogP contribution in [0.15, 0.2) is 17.3 Å². The van der Waals surface area contributed by atoms with Crippen molar-refractivity contribution in [2.75, 3.05) is 6.54 Å². The average molecular weight is 286 g/mol. The third kappa shape index (κ3) is 4.02. The Morgan fingerprint density at radius 1 is 1.37 bits per heavy atom. The Kier molecular flexibility index (Phi) is 4.95. The number of aromatic nitrogens is 2. The number of nitrogens with two attached hydrogens (primary N) is 1. The van der Waals surface area contributed by atoms with Crippen LogP contribution >= 0.6 is 0 Å². The van der Waals surface area contributed by atoms with E-state index in [0.717, 1.165) is 32.1 Å². The lowest BCUT2D eigenvalue weighted by molar-refractivity contribution is 0.412. The van der Waals surface area contributed by atoms with Gasteiger partial charge in [0.05, 0.1) is 6.20 Å². The van der Waals surface area contributed by atoms with Crippen molar-refractivity contribution in [3.63, 3.8) is 0 Å². The van der Waals surface area contributed by atoms with Gasteiger partial charge in [-0.15, -0.1) is 0 Å². The summed E-state index contributed by atoms with van der Waals surface area (Å²) < 4.78 is 28.8. The quantitative estimate of drug-likeness (QED) is 0.811. The predicted molar refractivity (Wildman–Crippen MR) is 73.1 cm³/mol. The van der Waals surface area contributed by atoms with Crippen LogP contribution in [-0.4, -0.2) is 30.8 Å². The monoisotopic (exact) mass is 286 g/mol. The number of hydrogen-bond donors (Lipinski definition) is 2. The van der Waals surface area contributed by atoms with Gasteiger partial charge in [-0.3, -0.25) is 4.68 Å². The van der Waals surface area contributed by atoms with Gasteiger partial charge in [-0.05, 0) is 25.8 Å². The molecule has 0 unspecified atom stereocenters. The van der Waals surface area contributed by atoms with Crippen molar-refractivity contribution in [1.82, 2.24) is 14.5 Å². The van der Waals surface area contributed by atoms with E-state index < -0.39 is 10.0 Å². The second-order valence-electron chi connectivity index (χ2n) is 5.04. The van der Waals surface area contributed by atoms with E-state index in [1.807, 2.05) is 0 Å². The molecule has 0 radical (unpaired) electrons. The lowest BCUT2D eigenvalue weighted by Gasteiger charge is -2.22. The first kappa shape index (κ1) is 14.5. The molecule has 0 atom stereocenters. The fourth-order valence-corrected chi connectivity index (χ4v) is 3.62. The Balaban J connectivity index is 1.99. The van der Waals surface area contributed by atoms with Crippen LogP contribution in [0, 0.1) is 0 Å². The van der Waals surface area contributed by atoms with E-state index >= 15 is 0 Å².